The lowest BCUT2D eigenvalue weighted by molar-refractivity contribution is -0.135. The first kappa shape index (κ1) is 17.1. The molecular weight excluding hydrogens is 275 g/mol. The molecule has 1 aromatic carbocycles. The van der Waals surface area contributed by atoms with Crippen LogP contribution < -0.4 is 4.74 Å². The molecule has 1 unspecified atom stereocenters. The Balaban J connectivity index is 2.34. The Kier molecular flexibility index (Phi) is 7.43. The Morgan fingerprint density at radius 1 is 1.19 bits per heavy atom. The van der Waals surface area contributed by atoms with E-state index in [9.17, 15) is 14.0 Å². The third-order valence-corrected chi connectivity index (χ3v) is 3.09. The maximum Gasteiger partial charge on any atom is 0.335 e. The molecule has 1 aromatic rings. The monoisotopic (exact) mass is 296 g/mol. The number of benzene rings is 1. The van der Waals surface area contributed by atoms with E-state index in [0.717, 1.165) is 25.7 Å². The first-order chi connectivity index (χ1) is 10.0. The first-order valence-corrected chi connectivity index (χ1v) is 7.21. The van der Waals surface area contributed by atoms with Crippen LogP contribution in [0.25, 0.3) is 0 Å². The summed E-state index contributed by atoms with van der Waals surface area (Å²) in [4.78, 5) is 22.2. The number of hydrogen-bond acceptors (Lipinski definition) is 3. The van der Waals surface area contributed by atoms with E-state index in [1.54, 1.807) is 0 Å². The molecule has 5 heteroatoms. The fourth-order valence-corrected chi connectivity index (χ4v) is 1.91. The van der Waals surface area contributed by atoms with Crippen LogP contribution in [-0.2, 0) is 4.79 Å². The maximum atomic E-state index is 13.6. The summed E-state index contributed by atoms with van der Waals surface area (Å²) in [5.41, 5.74) is 0.106. The van der Waals surface area contributed by atoms with Crippen molar-refractivity contribution < 1.29 is 23.8 Å². The number of carbonyl (C=O) groups is 2. The smallest absolute Gasteiger partial charge is 0.335 e. The van der Waals surface area contributed by atoms with Crippen molar-refractivity contribution in [2.45, 2.75) is 51.6 Å². The predicted molar refractivity (Wildman–Crippen MR) is 77.3 cm³/mol. The zero-order valence-electron chi connectivity index (χ0n) is 12.2. The molecule has 0 aliphatic heterocycles. The van der Waals surface area contributed by atoms with Gasteiger partial charge in [0.15, 0.2) is 0 Å². The van der Waals surface area contributed by atoms with E-state index < -0.39 is 18.1 Å². The fraction of sp³-hybridized carbons (Fsp3) is 0.500. The van der Waals surface area contributed by atoms with Crippen LogP contribution in [0.4, 0.5) is 4.39 Å². The van der Waals surface area contributed by atoms with Crippen LogP contribution in [0.1, 0.15) is 55.8 Å². The molecule has 0 saturated heterocycles. The molecule has 1 atom stereocenters. The lowest BCUT2D eigenvalue weighted by Gasteiger charge is -2.08. The first-order valence-electron chi connectivity index (χ1n) is 7.21. The van der Waals surface area contributed by atoms with Crippen LogP contribution in [0.3, 0.4) is 0 Å². The molecule has 0 amide bonds. The lowest BCUT2D eigenvalue weighted by atomic mass is 10.1. The average Bonchev–Trinajstić information content (AvgIpc) is 2.44. The number of halogens is 1. The Bertz CT molecular complexity index is 456. The van der Waals surface area contributed by atoms with Gasteiger partial charge in [-0.15, -0.1) is 0 Å². The second-order valence-electron chi connectivity index (χ2n) is 4.95. The summed E-state index contributed by atoms with van der Waals surface area (Å²) in [5.74, 6) is -1.46. The maximum absolute atomic E-state index is 13.6. The van der Waals surface area contributed by atoms with Crippen molar-refractivity contribution in [3.05, 3.63) is 29.8 Å². The van der Waals surface area contributed by atoms with Gasteiger partial charge in [0.05, 0.1) is 12.0 Å². The van der Waals surface area contributed by atoms with Crippen LogP contribution in [0.15, 0.2) is 24.3 Å². The number of esters is 1. The molecule has 0 heterocycles. The topological polar surface area (TPSA) is 63.6 Å². The molecular formula is C16H21FO4. The molecule has 0 bridgehead atoms. The molecule has 21 heavy (non-hydrogen) atoms. The average molecular weight is 296 g/mol. The molecule has 4 nitrogen and oxygen atoms in total. The van der Waals surface area contributed by atoms with Crippen molar-refractivity contribution in [3.8, 4) is 5.75 Å². The standard InChI is InChI=1S/C16H21FO4/c1-2-3-4-5-6-13(17)11-15(18)21-14-9-7-12(8-10-14)16(19)20/h7-10,13H,2-6,11H2,1H3,(H,19,20). The molecule has 1 N–H and O–H groups in total. The Labute approximate surface area is 123 Å². The van der Waals surface area contributed by atoms with E-state index in [1.807, 2.05) is 0 Å². The van der Waals surface area contributed by atoms with E-state index in [1.165, 1.54) is 24.3 Å². The largest absolute Gasteiger partial charge is 0.478 e. The molecule has 0 radical (unpaired) electrons. The van der Waals surface area contributed by atoms with Gasteiger partial charge in [-0.3, -0.25) is 4.79 Å². The van der Waals surface area contributed by atoms with Crippen molar-refractivity contribution in [3.63, 3.8) is 0 Å². The summed E-state index contributed by atoms with van der Waals surface area (Å²) in [6.45, 7) is 2.08. The van der Waals surface area contributed by atoms with E-state index in [4.69, 9.17) is 9.84 Å². The minimum absolute atomic E-state index is 0.106. The minimum atomic E-state index is -1.19. The number of aromatic carboxylic acids is 1. The highest BCUT2D eigenvalue weighted by Crippen LogP contribution is 2.16. The summed E-state index contributed by atoms with van der Waals surface area (Å²) < 4.78 is 18.6. The number of alkyl halides is 1. The van der Waals surface area contributed by atoms with Gasteiger partial charge in [0.1, 0.15) is 11.9 Å². The second kappa shape index (κ2) is 9.10. The number of rotatable bonds is 9. The van der Waals surface area contributed by atoms with Crippen molar-refractivity contribution in [1.82, 2.24) is 0 Å². The minimum Gasteiger partial charge on any atom is -0.478 e. The highest BCUT2D eigenvalue weighted by atomic mass is 19.1. The van der Waals surface area contributed by atoms with E-state index in [2.05, 4.69) is 6.92 Å². The third-order valence-electron chi connectivity index (χ3n) is 3.09. The van der Waals surface area contributed by atoms with Gasteiger partial charge in [0, 0.05) is 0 Å². The zero-order valence-corrected chi connectivity index (χ0v) is 12.2. The van der Waals surface area contributed by atoms with Gasteiger partial charge in [-0.05, 0) is 30.7 Å². The van der Waals surface area contributed by atoms with Gasteiger partial charge in [0.2, 0.25) is 0 Å². The molecule has 0 aliphatic rings. The summed E-state index contributed by atoms with van der Waals surface area (Å²) >= 11 is 0. The number of carboxylic acid groups (broad SMARTS) is 1. The third kappa shape index (κ3) is 6.88. The molecule has 116 valence electrons. The molecule has 0 aromatic heterocycles. The SMILES string of the molecule is CCCCCCC(F)CC(=O)Oc1ccc(C(=O)O)cc1. The van der Waals surface area contributed by atoms with Gasteiger partial charge in [-0.2, -0.15) is 0 Å². The van der Waals surface area contributed by atoms with Gasteiger partial charge in [0.25, 0.3) is 0 Å². The van der Waals surface area contributed by atoms with Gasteiger partial charge >= 0.3 is 11.9 Å². The zero-order chi connectivity index (χ0) is 15.7. The van der Waals surface area contributed by atoms with Crippen LogP contribution >= 0.6 is 0 Å². The summed E-state index contributed by atoms with van der Waals surface area (Å²) in [5, 5.41) is 8.74. The highest BCUT2D eigenvalue weighted by molar-refractivity contribution is 5.87. The summed E-state index contributed by atoms with van der Waals surface area (Å²) in [6, 6.07) is 5.44. The van der Waals surface area contributed by atoms with E-state index in [0.29, 0.717) is 6.42 Å². The van der Waals surface area contributed by atoms with Gasteiger partial charge in [-0.25, -0.2) is 9.18 Å². The quantitative estimate of drug-likeness (QED) is 0.425. The Morgan fingerprint density at radius 2 is 1.86 bits per heavy atom. The number of carbonyl (C=O) groups excluding carboxylic acids is 1. The van der Waals surface area contributed by atoms with Crippen LogP contribution in [0.2, 0.25) is 0 Å². The molecule has 0 aliphatic carbocycles. The number of unbranched alkanes of at least 4 members (excludes halogenated alkanes) is 3. The number of ether oxygens (including phenoxy) is 1. The van der Waals surface area contributed by atoms with Gasteiger partial charge in [-0.1, -0.05) is 32.6 Å². The molecule has 0 spiro atoms. The molecule has 0 saturated carbocycles. The van der Waals surface area contributed by atoms with E-state index >= 15 is 0 Å². The van der Waals surface area contributed by atoms with Crippen molar-refractivity contribution in [2.75, 3.05) is 0 Å². The fourth-order valence-electron chi connectivity index (χ4n) is 1.91. The number of carboxylic acids is 1. The van der Waals surface area contributed by atoms with Crippen molar-refractivity contribution in [2.24, 2.45) is 0 Å². The van der Waals surface area contributed by atoms with Crippen molar-refractivity contribution >= 4 is 11.9 Å². The summed E-state index contributed by atoms with van der Waals surface area (Å²) in [6.07, 6.45) is 2.82. The molecule has 1 rings (SSSR count). The second-order valence-corrected chi connectivity index (χ2v) is 4.95. The summed E-state index contributed by atoms with van der Waals surface area (Å²) in [7, 11) is 0. The lowest BCUT2D eigenvalue weighted by Crippen LogP contribution is -2.15. The van der Waals surface area contributed by atoms with E-state index in [-0.39, 0.29) is 17.7 Å². The Morgan fingerprint density at radius 3 is 2.43 bits per heavy atom. The van der Waals surface area contributed by atoms with Crippen LogP contribution in [0, 0.1) is 0 Å². The van der Waals surface area contributed by atoms with Crippen molar-refractivity contribution in [1.29, 1.82) is 0 Å². The van der Waals surface area contributed by atoms with Crippen LogP contribution in [-0.4, -0.2) is 23.2 Å². The number of hydrogen-bond donors (Lipinski definition) is 1. The highest BCUT2D eigenvalue weighted by Gasteiger charge is 2.14. The Hall–Kier alpha value is -1.91. The molecule has 0 fully saturated rings. The normalized spacial score (nSPS) is 11.9. The van der Waals surface area contributed by atoms with Gasteiger partial charge < -0.3 is 9.84 Å². The predicted octanol–water partition coefficient (Wildman–Crippen LogP) is 3.99. The van der Waals surface area contributed by atoms with Crippen LogP contribution in [0.5, 0.6) is 5.75 Å².